The summed E-state index contributed by atoms with van der Waals surface area (Å²) in [4.78, 5) is 51.6. The first kappa shape index (κ1) is 19.3. The van der Waals surface area contributed by atoms with Gasteiger partial charge in [-0.1, -0.05) is 30.3 Å². The molecule has 28 heavy (non-hydrogen) atoms. The Bertz CT molecular complexity index is 928. The normalized spacial score (nSPS) is 12.8. The maximum atomic E-state index is 12.5. The predicted molar refractivity (Wildman–Crippen MR) is 104 cm³/mol. The standard InChI is InChI=1S/C21H21N3O4/c1-13-7-6-8-14(2)19(13)22-17(25)11-23(3)18(26)12-24-20(27)15-9-4-5-10-16(15)21(24)28/h4-10H,11-12H2,1-3H3,(H,22,25). The van der Waals surface area contributed by atoms with E-state index in [1.807, 2.05) is 32.0 Å². The van der Waals surface area contributed by atoms with Crippen molar-refractivity contribution in [1.82, 2.24) is 9.80 Å². The zero-order valence-corrected chi connectivity index (χ0v) is 16.0. The molecule has 0 aromatic heterocycles. The lowest BCUT2D eigenvalue weighted by atomic mass is 10.1. The summed E-state index contributed by atoms with van der Waals surface area (Å²) in [5, 5.41) is 2.81. The summed E-state index contributed by atoms with van der Waals surface area (Å²) in [6.45, 7) is 3.19. The molecule has 0 bridgehead atoms. The van der Waals surface area contributed by atoms with Crippen molar-refractivity contribution in [1.29, 1.82) is 0 Å². The van der Waals surface area contributed by atoms with Gasteiger partial charge in [-0.3, -0.25) is 24.1 Å². The van der Waals surface area contributed by atoms with Crippen molar-refractivity contribution in [2.45, 2.75) is 13.8 Å². The number of rotatable bonds is 5. The van der Waals surface area contributed by atoms with Crippen LogP contribution in [-0.4, -0.2) is 53.6 Å². The minimum absolute atomic E-state index is 0.185. The first-order valence-corrected chi connectivity index (χ1v) is 8.85. The third-order valence-electron chi connectivity index (χ3n) is 4.72. The van der Waals surface area contributed by atoms with Crippen molar-refractivity contribution in [3.8, 4) is 0 Å². The molecule has 144 valence electrons. The Kier molecular flexibility index (Phi) is 5.26. The number of amides is 4. The fraction of sp³-hybridized carbons (Fsp3) is 0.238. The molecule has 7 nitrogen and oxygen atoms in total. The van der Waals surface area contributed by atoms with Crippen LogP contribution in [-0.2, 0) is 9.59 Å². The van der Waals surface area contributed by atoms with Gasteiger partial charge in [-0.25, -0.2) is 0 Å². The fourth-order valence-electron chi connectivity index (χ4n) is 3.13. The molecule has 3 rings (SSSR count). The summed E-state index contributed by atoms with van der Waals surface area (Å²) in [5.74, 6) is -1.84. The first-order valence-electron chi connectivity index (χ1n) is 8.85. The highest BCUT2D eigenvalue weighted by Crippen LogP contribution is 2.22. The molecule has 7 heteroatoms. The second-order valence-corrected chi connectivity index (χ2v) is 6.81. The van der Waals surface area contributed by atoms with Crippen molar-refractivity contribution in [2.75, 3.05) is 25.5 Å². The van der Waals surface area contributed by atoms with Gasteiger partial charge < -0.3 is 10.2 Å². The van der Waals surface area contributed by atoms with Crippen molar-refractivity contribution < 1.29 is 19.2 Å². The molecule has 1 N–H and O–H groups in total. The van der Waals surface area contributed by atoms with Gasteiger partial charge in [-0.15, -0.1) is 0 Å². The molecule has 0 unspecified atom stereocenters. The van der Waals surface area contributed by atoms with Gasteiger partial charge >= 0.3 is 0 Å². The van der Waals surface area contributed by atoms with Crippen LogP contribution < -0.4 is 5.32 Å². The molecule has 1 aliphatic heterocycles. The van der Waals surface area contributed by atoms with Crippen LogP contribution in [0.4, 0.5) is 5.69 Å². The van der Waals surface area contributed by atoms with Crippen molar-refractivity contribution in [3.05, 3.63) is 64.7 Å². The van der Waals surface area contributed by atoms with Gasteiger partial charge in [0.2, 0.25) is 11.8 Å². The summed E-state index contributed by atoms with van der Waals surface area (Å²) >= 11 is 0. The molecule has 0 aliphatic carbocycles. The smallest absolute Gasteiger partial charge is 0.262 e. The quantitative estimate of drug-likeness (QED) is 0.805. The van der Waals surface area contributed by atoms with E-state index < -0.39 is 24.3 Å². The maximum Gasteiger partial charge on any atom is 0.262 e. The Balaban J connectivity index is 1.62. The third-order valence-corrected chi connectivity index (χ3v) is 4.72. The number of para-hydroxylation sites is 1. The number of imide groups is 1. The van der Waals surface area contributed by atoms with E-state index in [1.165, 1.54) is 11.9 Å². The summed E-state index contributed by atoms with van der Waals surface area (Å²) in [7, 11) is 1.46. The topological polar surface area (TPSA) is 86.8 Å². The lowest BCUT2D eigenvalue weighted by Crippen LogP contribution is -2.43. The van der Waals surface area contributed by atoms with Gasteiger partial charge in [0.15, 0.2) is 0 Å². The molecule has 2 aromatic rings. The maximum absolute atomic E-state index is 12.5. The van der Waals surface area contributed by atoms with Crippen LogP contribution in [0.1, 0.15) is 31.8 Å². The summed E-state index contributed by atoms with van der Waals surface area (Å²) in [6.07, 6.45) is 0. The van der Waals surface area contributed by atoms with Gasteiger partial charge in [0, 0.05) is 12.7 Å². The molecule has 0 saturated heterocycles. The molecule has 2 aromatic carbocycles. The lowest BCUT2D eigenvalue weighted by molar-refractivity contribution is -0.133. The number of carbonyl (C=O) groups is 4. The van der Waals surface area contributed by atoms with E-state index in [4.69, 9.17) is 0 Å². The average Bonchev–Trinajstić information content (AvgIpc) is 2.90. The van der Waals surface area contributed by atoms with Crippen LogP contribution >= 0.6 is 0 Å². The van der Waals surface area contributed by atoms with Gasteiger partial charge in [-0.05, 0) is 37.1 Å². The molecule has 0 atom stereocenters. The number of aryl methyl sites for hydroxylation is 2. The van der Waals surface area contributed by atoms with Crippen molar-refractivity contribution in [3.63, 3.8) is 0 Å². The number of fused-ring (bicyclic) bond motifs is 1. The number of nitrogens with zero attached hydrogens (tertiary/aromatic N) is 2. The number of carbonyl (C=O) groups excluding carboxylic acids is 4. The second-order valence-electron chi connectivity index (χ2n) is 6.81. The number of anilines is 1. The summed E-state index contributed by atoms with van der Waals surface area (Å²) in [5.41, 5.74) is 3.14. The Morgan fingerprint density at radius 2 is 1.46 bits per heavy atom. The minimum Gasteiger partial charge on any atom is -0.335 e. The van der Waals surface area contributed by atoms with Gasteiger partial charge in [-0.2, -0.15) is 0 Å². The number of nitrogens with one attached hydrogen (secondary N) is 1. The second kappa shape index (κ2) is 7.64. The highest BCUT2D eigenvalue weighted by atomic mass is 16.2. The van der Waals surface area contributed by atoms with E-state index in [2.05, 4.69) is 5.32 Å². The highest BCUT2D eigenvalue weighted by Gasteiger charge is 2.36. The van der Waals surface area contributed by atoms with Crippen LogP contribution in [0.2, 0.25) is 0 Å². The van der Waals surface area contributed by atoms with E-state index in [1.54, 1.807) is 24.3 Å². The summed E-state index contributed by atoms with van der Waals surface area (Å²) in [6, 6.07) is 12.1. The minimum atomic E-state index is -0.498. The monoisotopic (exact) mass is 379 g/mol. The number of likely N-dealkylation sites (N-methyl/N-ethyl adjacent to an activating group) is 1. The van der Waals surface area contributed by atoms with E-state index in [9.17, 15) is 19.2 Å². The van der Waals surface area contributed by atoms with Gasteiger partial charge in [0.1, 0.15) is 6.54 Å². The third kappa shape index (κ3) is 3.64. The number of hydrogen-bond acceptors (Lipinski definition) is 4. The SMILES string of the molecule is Cc1cccc(C)c1NC(=O)CN(C)C(=O)CN1C(=O)c2ccccc2C1=O. The van der Waals surface area contributed by atoms with Crippen LogP contribution in [0.25, 0.3) is 0 Å². The Hall–Kier alpha value is -3.48. The Labute approximate surface area is 162 Å². The van der Waals surface area contributed by atoms with Crippen LogP contribution in [0.15, 0.2) is 42.5 Å². The van der Waals surface area contributed by atoms with Crippen molar-refractivity contribution in [2.24, 2.45) is 0 Å². The molecule has 1 aliphatic rings. The lowest BCUT2D eigenvalue weighted by Gasteiger charge is -2.21. The number of benzene rings is 2. The largest absolute Gasteiger partial charge is 0.335 e. The zero-order valence-electron chi connectivity index (χ0n) is 16.0. The molecule has 0 spiro atoms. The van der Waals surface area contributed by atoms with Crippen LogP contribution in [0, 0.1) is 13.8 Å². The van der Waals surface area contributed by atoms with Gasteiger partial charge in [0.25, 0.3) is 11.8 Å². The highest BCUT2D eigenvalue weighted by molar-refractivity contribution is 6.22. The van der Waals surface area contributed by atoms with E-state index in [0.717, 1.165) is 16.0 Å². The molecular weight excluding hydrogens is 358 g/mol. The molecular formula is C21H21N3O4. The molecule has 0 saturated carbocycles. The van der Waals surface area contributed by atoms with Gasteiger partial charge in [0.05, 0.1) is 17.7 Å². The Morgan fingerprint density at radius 1 is 0.929 bits per heavy atom. The van der Waals surface area contributed by atoms with Crippen LogP contribution in [0.3, 0.4) is 0 Å². The van der Waals surface area contributed by atoms with E-state index >= 15 is 0 Å². The predicted octanol–water partition coefficient (Wildman–Crippen LogP) is 2.00. The van der Waals surface area contributed by atoms with E-state index in [0.29, 0.717) is 5.69 Å². The molecule has 0 radical (unpaired) electrons. The number of hydrogen-bond donors (Lipinski definition) is 1. The zero-order chi connectivity index (χ0) is 20.4. The molecule has 1 heterocycles. The average molecular weight is 379 g/mol. The van der Waals surface area contributed by atoms with Crippen LogP contribution in [0.5, 0.6) is 0 Å². The first-order chi connectivity index (χ1) is 13.3. The Morgan fingerprint density at radius 3 is 2.00 bits per heavy atom. The summed E-state index contributed by atoms with van der Waals surface area (Å²) < 4.78 is 0. The fourth-order valence-corrected chi connectivity index (χ4v) is 3.13. The van der Waals surface area contributed by atoms with E-state index in [-0.39, 0.29) is 23.6 Å². The van der Waals surface area contributed by atoms with Crippen molar-refractivity contribution >= 4 is 29.3 Å². The molecule has 0 fully saturated rings. The molecule has 4 amide bonds.